The Kier molecular flexibility index (Phi) is 3.86. The quantitative estimate of drug-likeness (QED) is 0.518. The zero-order valence-electron chi connectivity index (χ0n) is 14.8. The first kappa shape index (κ1) is 16.9. The molecule has 10 heteroatoms. The average Bonchev–Trinajstić information content (AvgIpc) is 3.32. The van der Waals surface area contributed by atoms with Gasteiger partial charge in [0.2, 0.25) is 0 Å². The second kappa shape index (κ2) is 6.41. The molecule has 0 aliphatic carbocycles. The van der Waals surface area contributed by atoms with E-state index >= 15 is 0 Å². The molecule has 0 fully saturated rings. The maximum absolute atomic E-state index is 13.1. The summed E-state index contributed by atoms with van der Waals surface area (Å²) in [5, 5.41) is 9.32. The summed E-state index contributed by atoms with van der Waals surface area (Å²) in [6.45, 7) is 2.95. The molecule has 5 rings (SSSR count). The zero-order chi connectivity index (χ0) is 19.3. The van der Waals surface area contributed by atoms with E-state index in [2.05, 4.69) is 25.1 Å². The largest absolute Gasteiger partial charge is 0.327 e. The maximum atomic E-state index is 13.1. The number of hydrogen-bond acceptors (Lipinski definition) is 7. The number of hydrogen-bond donors (Lipinski definition) is 0. The van der Waals surface area contributed by atoms with Crippen LogP contribution >= 0.6 is 11.3 Å². The minimum Gasteiger partial charge on any atom is -0.327 e. The van der Waals surface area contributed by atoms with Gasteiger partial charge in [0.25, 0.3) is 5.91 Å². The lowest BCUT2D eigenvalue weighted by molar-refractivity contribution is 0.0638. The second-order valence-corrected chi connectivity index (χ2v) is 7.40. The lowest BCUT2D eigenvalue weighted by Gasteiger charge is -2.33. The molecule has 1 aromatic carbocycles. The van der Waals surface area contributed by atoms with Crippen molar-refractivity contribution in [3.8, 4) is 10.8 Å². The number of amides is 1. The lowest BCUT2D eigenvalue weighted by atomic mass is 10.1. The van der Waals surface area contributed by atoms with Crippen molar-refractivity contribution >= 4 is 27.7 Å². The summed E-state index contributed by atoms with van der Waals surface area (Å²) in [6, 6.07) is 5.31. The van der Waals surface area contributed by atoms with Crippen molar-refractivity contribution in [1.29, 1.82) is 0 Å². The van der Waals surface area contributed by atoms with Crippen molar-refractivity contribution in [2.75, 3.05) is 6.54 Å². The molecule has 0 spiro atoms. The number of nitrogens with zero attached hydrogens (tertiary/aromatic N) is 7. The van der Waals surface area contributed by atoms with Crippen molar-refractivity contribution in [2.24, 2.45) is 0 Å². The number of thiazole rings is 1. The fourth-order valence-electron chi connectivity index (χ4n) is 3.35. The van der Waals surface area contributed by atoms with Gasteiger partial charge >= 0.3 is 0 Å². The Bertz CT molecular complexity index is 1150. The predicted octanol–water partition coefficient (Wildman–Crippen LogP) is 2.70. The van der Waals surface area contributed by atoms with E-state index in [9.17, 15) is 9.18 Å². The van der Waals surface area contributed by atoms with E-state index in [4.69, 9.17) is 0 Å². The van der Waals surface area contributed by atoms with E-state index in [1.165, 1.54) is 35.6 Å². The smallest absolute Gasteiger partial charge is 0.254 e. The number of rotatable bonds is 2. The third-order valence-corrected chi connectivity index (χ3v) is 5.72. The Labute approximate surface area is 162 Å². The van der Waals surface area contributed by atoms with Gasteiger partial charge in [-0.15, -0.1) is 10.2 Å². The van der Waals surface area contributed by atoms with E-state index < -0.39 is 0 Å². The lowest BCUT2D eigenvalue weighted by Crippen LogP contribution is -2.41. The third-order valence-electron chi connectivity index (χ3n) is 4.78. The van der Waals surface area contributed by atoms with Crippen molar-refractivity contribution in [2.45, 2.75) is 19.5 Å². The van der Waals surface area contributed by atoms with Crippen LogP contribution < -0.4 is 0 Å². The van der Waals surface area contributed by atoms with Crippen molar-refractivity contribution in [1.82, 2.24) is 34.6 Å². The van der Waals surface area contributed by atoms with Gasteiger partial charge in [0.1, 0.15) is 5.82 Å². The van der Waals surface area contributed by atoms with Crippen LogP contribution in [-0.2, 0) is 6.54 Å². The van der Waals surface area contributed by atoms with Crippen molar-refractivity contribution in [3.63, 3.8) is 0 Å². The summed E-state index contributed by atoms with van der Waals surface area (Å²) in [5.41, 5.74) is 1.03. The number of aromatic nitrogens is 6. The summed E-state index contributed by atoms with van der Waals surface area (Å²) in [4.78, 5) is 28.3. The van der Waals surface area contributed by atoms with Crippen molar-refractivity contribution in [3.05, 3.63) is 53.9 Å². The van der Waals surface area contributed by atoms with Gasteiger partial charge < -0.3 is 9.47 Å². The molecule has 8 nitrogen and oxygen atoms in total. The van der Waals surface area contributed by atoms with Gasteiger partial charge in [0, 0.05) is 31.0 Å². The van der Waals surface area contributed by atoms with Crippen LogP contribution in [0.15, 0.2) is 36.7 Å². The molecule has 140 valence electrons. The topological polar surface area (TPSA) is 89.7 Å². The fraction of sp³-hybridized carbons (Fsp3) is 0.222. The van der Waals surface area contributed by atoms with Gasteiger partial charge in [0.05, 0.1) is 6.04 Å². The van der Waals surface area contributed by atoms with Crippen LogP contribution in [0.25, 0.3) is 21.3 Å². The number of fused-ring (bicyclic) bond motifs is 2. The van der Waals surface area contributed by atoms with Crippen molar-refractivity contribution < 1.29 is 9.18 Å². The molecule has 28 heavy (non-hydrogen) atoms. The molecule has 1 unspecified atom stereocenters. The Morgan fingerprint density at radius 1 is 1.14 bits per heavy atom. The molecule has 1 aliphatic heterocycles. The zero-order valence-corrected chi connectivity index (χ0v) is 15.6. The summed E-state index contributed by atoms with van der Waals surface area (Å²) in [6.07, 6.45) is 3.23. The molecule has 0 N–H and O–H groups in total. The minimum atomic E-state index is -0.368. The minimum absolute atomic E-state index is 0.156. The Morgan fingerprint density at radius 2 is 1.93 bits per heavy atom. The third kappa shape index (κ3) is 2.64. The summed E-state index contributed by atoms with van der Waals surface area (Å²) < 4.78 is 15.1. The van der Waals surface area contributed by atoms with Crippen LogP contribution in [0.2, 0.25) is 0 Å². The number of carbonyl (C=O) groups is 1. The van der Waals surface area contributed by atoms with E-state index in [-0.39, 0.29) is 17.8 Å². The maximum Gasteiger partial charge on any atom is 0.254 e. The normalized spacial score (nSPS) is 16.4. The van der Waals surface area contributed by atoms with Gasteiger partial charge in [-0.3, -0.25) is 4.79 Å². The standard InChI is InChI=1S/C18H14FN7OS/c1-10-14-23-24-15(17-22-13-16(28-17)21-7-6-20-13)26(14)9-8-25(10)18(27)11-2-4-12(19)5-3-11/h2-7,10H,8-9H2,1H3. The van der Waals surface area contributed by atoms with E-state index in [1.54, 1.807) is 17.3 Å². The van der Waals surface area contributed by atoms with Crippen LogP contribution in [0.1, 0.15) is 29.1 Å². The Morgan fingerprint density at radius 3 is 2.71 bits per heavy atom. The van der Waals surface area contributed by atoms with Gasteiger partial charge in [-0.2, -0.15) is 0 Å². The average molecular weight is 395 g/mol. The van der Waals surface area contributed by atoms with E-state index in [0.717, 1.165) is 4.83 Å². The predicted molar refractivity (Wildman–Crippen MR) is 100 cm³/mol. The molecule has 4 aromatic rings. The molecule has 0 radical (unpaired) electrons. The van der Waals surface area contributed by atoms with Gasteiger partial charge in [-0.1, -0.05) is 11.3 Å². The molecule has 1 aliphatic rings. The van der Waals surface area contributed by atoms with Gasteiger partial charge in [-0.25, -0.2) is 19.3 Å². The number of benzene rings is 1. The summed E-state index contributed by atoms with van der Waals surface area (Å²) in [5.74, 6) is 0.821. The van der Waals surface area contributed by atoms with Gasteiger partial charge in [0.15, 0.2) is 27.1 Å². The van der Waals surface area contributed by atoms with Crippen LogP contribution in [0.5, 0.6) is 0 Å². The Hall–Kier alpha value is -3.27. The first-order valence-corrected chi connectivity index (χ1v) is 9.51. The highest BCUT2D eigenvalue weighted by atomic mass is 32.1. The van der Waals surface area contributed by atoms with E-state index in [1.807, 2.05) is 11.5 Å². The molecular weight excluding hydrogens is 381 g/mol. The van der Waals surface area contributed by atoms with Crippen LogP contribution in [-0.4, -0.2) is 47.1 Å². The summed E-state index contributed by atoms with van der Waals surface area (Å²) in [7, 11) is 0. The van der Waals surface area contributed by atoms with E-state index in [0.29, 0.717) is 41.0 Å². The number of carbonyl (C=O) groups excluding carboxylic acids is 1. The molecular formula is C18H14FN7OS. The first-order valence-electron chi connectivity index (χ1n) is 8.69. The second-order valence-electron chi connectivity index (χ2n) is 6.42. The first-order chi connectivity index (χ1) is 13.6. The Balaban J connectivity index is 1.47. The van der Waals surface area contributed by atoms with Crippen LogP contribution in [0.3, 0.4) is 0 Å². The molecule has 0 saturated carbocycles. The van der Waals surface area contributed by atoms with Gasteiger partial charge in [-0.05, 0) is 31.2 Å². The summed E-state index contributed by atoms with van der Waals surface area (Å²) >= 11 is 1.41. The highest BCUT2D eigenvalue weighted by Crippen LogP contribution is 2.32. The highest BCUT2D eigenvalue weighted by molar-refractivity contribution is 7.21. The SMILES string of the molecule is CC1c2nnc(-c3nc4nccnc4s3)n2CCN1C(=O)c1ccc(F)cc1. The molecule has 0 bridgehead atoms. The van der Waals surface area contributed by atoms with Crippen LogP contribution in [0.4, 0.5) is 4.39 Å². The molecule has 1 atom stereocenters. The fourth-order valence-corrected chi connectivity index (χ4v) is 4.21. The molecule has 1 amide bonds. The molecule has 3 aromatic heterocycles. The highest BCUT2D eigenvalue weighted by Gasteiger charge is 2.32. The van der Waals surface area contributed by atoms with Crippen LogP contribution in [0, 0.1) is 5.82 Å². The molecule has 0 saturated heterocycles. The number of halogens is 1. The molecule has 4 heterocycles. The monoisotopic (exact) mass is 395 g/mol.